The van der Waals surface area contributed by atoms with E-state index in [0.717, 1.165) is 5.69 Å². The van der Waals surface area contributed by atoms with Crippen LogP contribution in [0.1, 0.15) is 13.3 Å². The highest BCUT2D eigenvalue weighted by Crippen LogP contribution is 2.13. The second kappa shape index (κ2) is 7.45. The number of rotatable bonds is 7. The van der Waals surface area contributed by atoms with Crippen molar-refractivity contribution in [2.45, 2.75) is 13.3 Å². The number of nitrogens with zero attached hydrogens (tertiary/aromatic N) is 1. The van der Waals surface area contributed by atoms with Crippen molar-refractivity contribution in [3.63, 3.8) is 0 Å². The van der Waals surface area contributed by atoms with Crippen LogP contribution in [0.5, 0.6) is 0 Å². The molecule has 0 aliphatic rings. The minimum atomic E-state index is -0.910. The number of amides is 1. The Bertz CT molecular complexity index is 392. The molecule has 18 heavy (non-hydrogen) atoms. The Morgan fingerprint density at radius 1 is 1.28 bits per heavy atom. The first-order chi connectivity index (χ1) is 8.65. The Hall–Kier alpha value is -1.88. The fraction of sp³-hybridized carbons (Fsp3) is 0.385. The lowest BCUT2D eigenvalue weighted by Crippen LogP contribution is -2.39. The van der Waals surface area contributed by atoms with E-state index in [2.05, 4.69) is 5.32 Å². The molecule has 5 nitrogen and oxygen atoms in total. The number of carboxylic acids is 1. The van der Waals surface area contributed by atoms with Gasteiger partial charge in [0.15, 0.2) is 0 Å². The lowest BCUT2D eigenvalue weighted by atomic mass is 10.2. The van der Waals surface area contributed by atoms with Crippen molar-refractivity contribution >= 4 is 17.6 Å². The van der Waals surface area contributed by atoms with Crippen LogP contribution in [0.15, 0.2) is 30.3 Å². The summed E-state index contributed by atoms with van der Waals surface area (Å²) in [6, 6.07) is 9.10. The van der Waals surface area contributed by atoms with Crippen molar-refractivity contribution in [2.75, 3.05) is 24.5 Å². The number of nitrogens with one attached hydrogen (secondary N) is 1. The van der Waals surface area contributed by atoms with Crippen LogP contribution in [-0.2, 0) is 9.59 Å². The summed E-state index contributed by atoms with van der Waals surface area (Å²) in [5.41, 5.74) is 0.724. The molecule has 0 saturated heterocycles. The fourth-order valence-corrected chi connectivity index (χ4v) is 1.54. The summed E-state index contributed by atoms with van der Waals surface area (Å²) in [7, 11) is 0. The van der Waals surface area contributed by atoms with Crippen LogP contribution in [0.4, 0.5) is 5.69 Å². The molecule has 98 valence electrons. The van der Waals surface area contributed by atoms with Crippen molar-refractivity contribution in [1.82, 2.24) is 5.32 Å². The molecule has 0 spiro atoms. The van der Waals surface area contributed by atoms with Crippen LogP contribution in [0.2, 0.25) is 0 Å². The van der Waals surface area contributed by atoms with Gasteiger partial charge in [-0.15, -0.1) is 0 Å². The van der Waals surface area contributed by atoms with E-state index in [1.807, 2.05) is 25.1 Å². The molecule has 0 bridgehead atoms. The molecule has 0 heterocycles. The highest BCUT2D eigenvalue weighted by molar-refractivity contribution is 5.95. The number of carbonyl (C=O) groups excluding carboxylic acids is 1. The Labute approximate surface area is 106 Å². The lowest BCUT2D eigenvalue weighted by Gasteiger charge is -2.22. The summed E-state index contributed by atoms with van der Waals surface area (Å²) in [4.78, 5) is 24.1. The molecule has 0 saturated carbocycles. The Kier molecular flexibility index (Phi) is 5.87. The third-order valence-electron chi connectivity index (χ3n) is 2.44. The van der Waals surface area contributed by atoms with E-state index < -0.39 is 5.97 Å². The summed E-state index contributed by atoms with van der Waals surface area (Å²) in [6.45, 7) is 3.01. The Morgan fingerprint density at radius 2 is 1.94 bits per heavy atom. The average molecular weight is 250 g/mol. The quantitative estimate of drug-likeness (QED) is 0.760. The first kappa shape index (κ1) is 14.2. The molecule has 0 aromatic heterocycles. The van der Waals surface area contributed by atoms with E-state index in [0.29, 0.717) is 6.54 Å². The number of para-hydroxylation sites is 1. The smallest absolute Gasteiger partial charge is 0.305 e. The van der Waals surface area contributed by atoms with Gasteiger partial charge in [-0.3, -0.25) is 9.59 Å². The van der Waals surface area contributed by atoms with E-state index in [1.165, 1.54) is 4.90 Å². The molecule has 0 radical (unpaired) electrons. The molecule has 0 aliphatic heterocycles. The zero-order chi connectivity index (χ0) is 13.4. The zero-order valence-electron chi connectivity index (χ0n) is 10.4. The summed E-state index contributed by atoms with van der Waals surface area (Å²) in [5, 5.41) is 11.7. The van der Waals surface area contributed by atoms with Gasteiger partial charge in [0.05, 0.1) is 13.0 Å². The third kappa shape index (κ3) is 4.55. The Balaban J connectivity index is 2.74. The minimum absolute atomic E-state index is 0.0627. The molecule has 0 aliphatic carbocycles. The number of hydrogen-bond acceptors (Lipinski definition) is 3. The number of anilines is 1. The molecule has 1 aromatic rings. The van der Waals surface area contributed by atoms with Crippen molar-refractivity contribution < 1.29 is 14.7 Å². The third-order valence-corrected chi connectivity index (χ3v) is 2.44. The number of carboxylic acid groups (broad SMARTS) is 1. The summed E-state index contributed by atoms with van der Waals surface area (Å²) >= 11 is 0. The predicted molar refractivity (Wildman–Crippen MR) is 69.6 cm³/mol. The molecular weight excluding hydrogens is 232 g/mol. The molecule has 0 unspecified atom stereocenters. The van der Waals surface area contributed by atoms with E-state index >= 15 is 0 Å². The van der Waals surface area contributed by atoms with Crippen molar-refractivity contribution in [3.8, 4) is 0 Å². The fourth-order valence-electron chi connectivity index (χ4n) is 1.54. The van der Waals surface area contributed by atoms with Gasteiger partial charge in [0.1, 0.15) is 0 Å². The first-order valence-corrected chi connectivity index (χ1v) is 5.93. The molecule has 0 atom stereocenters. The molecule has 1 rings (SSSR count). The van der Waals surface area contributed by atoms with Gasteiger partial charge in [0.2, 0.25) is 5.91 Å². The molecule has 1 amide bonds. The van der Waals surface area contributed by atoms with Gasteiger partial charge >= 0.3 is 5.97 Å². The summed E-state index contributed by atoms with van der Waals surface area (Å²) in [6.07, 6.45) is -0.0627. The van der Waals surface area contributed by atoms with Crippen molar-refractivity contribution in [3.05, 3.63) is 30.3 Å². The van der Waals surface area contributed by atoms with Gasteiger partial charge in [0, 0.05) is 12.2 Å². The van der Waals surface area contributed by atoms with Gasteiger partial charge in [-0.05, 0) is 18.7 Å². The maximum Gasteiger partial charge on any atom is 0.305 e. The maximum atomic E-state index is 12.0. The van der Waals surface area contributed by atoms with Crippen molar-refractivity contribution in [1.29, 1.82) is 0 Å². The number of aliphatic carboxylic acids is 1. The lowest BCUT2D eigenvalue weighted by molar-refractivity contribution is -0.136. The number of carbonyl (C=O) groups is 2. The number of hydrogen-bond donors (Lipinski definition) is 2. The van der Waals surface area contributed by atoms with Crippen LogP contribution >= 0.6 is 0 Å². The topological polar surface area (TPSA) is 69.6 Å². The van der Waals surface area contributed by atoms with Crippen LogP contribution in [0.25, 0.3) is 0 Å². The van der Waals surface area contributed by atoms with Gasteiger partial charge < -0.3 is 15.3 Å². The zero-order valence-corrected chi connectivity index (χ0v) is 10.4. The SMILES string of the molecule is CCNCC(=O)N(CCC(=O)O)c1ccccc1. The van der Waals surface area contributed by atoms with Gasteiger partial charge in [0.25, 0.3) is 0 Å². The molecule has 2 N–H and O–H groups in total. The normalized spacial score (nSPS) is 10.1. The highest BCUT2D eigenvalue weighted by Gasteiger charge is 2.15. The Morgan fingerprint density at radius 3 is 2.50 bits per heavy atom. The van der Waals surface area contributed by atoms with Crippen LogP contribution in [-0.4, -0.2) is 36.6 Å². The number of likely N-dealkylation sites (N-methyl/N-ethyl adjacent to an activating group) is 1. The second-order valence-electron chi connectivity index (χ2n) is 3.80. The van der Waals surface area contributed by atoms with Crippen molar-refractivity contribution in [2.24, 2.45) is 0 Å². The number of benzene rings is 1. The minimum Gasteiger partial charge on any atom is -0.481 e. The van der Waals surface area contributed by atoms with E-state index in [9.17, 15) is 9.59 Å². The van der Waals surface area contributed by atoms with Gasteiger partial charge in [-0.2, -0.15) is 0 Å². The average Bonchev–Trinajstić information content (AvgIpc) is 2.37. The second-order valence-corrected chi connectivity index (χ2v) is 3.80. The van der Waals surface area contributed by atoms with E-state index in [-0.39, 0.29) is 25.4 Å². The van der Waals surface area contributed by atoms with Gasteiger partial charge in [-0.1, -0.05) is 25.1 Å². The first-order valence-electron chi connectivity index (χ1n) is 5.93. The van der Waals surface area contributed by atoms with Crippen LogP contribution in [0, 0.1) is 0 Å². The summed E-state index contributed by atoms with van der Waals surface area (Å²) < 4.78 is 0. The van der Waals surface area contributed by atoms with Gasteiger partial charge in [-0.25, -0.2) is 0 Å². The molecular formula is C13H18N2O3. The maximum absolute atomic E-state index is 12.0. The van der Waals surface area contributed by atoms with Crippen LogP contribution in [0.3, 0.4) is 0 Å². The largest absolute Gasteiger partial charge is 0.481 e. The van der Waals surface area contributed by atoms with Crippen LogP contribution < -0.4 is 10.2 Å². The monoisotopic (exact) mass is 250 g/mol. The molecule has 0 fully saturated rings. The summed E-state index contributed by atoms with van der Waals surface area (Å²) in [5.74, 6) is -1.03. The molecule has 5 heteroatoms. The highest BCUT2D eigenvalue weighted by atomic mass is 16.4. The van der Waals surface area contributed by atoms with E-state index in [4.69, 9.17) is 5.11 Å². The predicted octanol–water partition coefficient (Wildman–Crippen LogP) is 1.10. The standard InChI is InChI=1S/C13H18N2O3/c1-2-14-10-12(16)15(9-8-13(17)18)11-6-4-3-5-7-11/h3-7,14H,2,8-10H2,1H3,(H,17,18). The molecule has 1 aromatic carbocycles. The van der Waals surface area contributed by atoms with E-state index in [1.54, 1.807) is 12.1 Å².